The third-order valence-corrected chi connectivity index (χ3v) is 6.09. The second kappa shape index (κ2) is 4.61. The summed E-state index contributed by atoms with van der Waals surface area (Å²) in [6.07, 6.45) is 4.29. The van der Waals surface area contributed by atoms with Crippen LogP contribution >= 0.6 is 0 Å². The molecule has 0 spiro atoms. The van der Waals surface area contributed by atoms with Crippen LogP contribution in [0.25, 0.3) is 0 Å². The van der Waals surface area contributed by atoms with Crippen molar-refractivity contribution in [1.29, 1.82) is 0 Å². The second-order valence-corrected chi connectivity index (χ2v) is 7.17. The molecule has 3 aliphatic rings. The van der Waals surface area contributed by atoms with Gasteiger partial charge in [0.15, 0.2) is 0 Å². The Morgan fingerprint density at radius 1 is 1.09 bits per heavy atom. The summed E-state index contributed by atoms with van der Waals surface area (Å²) in [5, 5.41) is 0. The monoisotopic (exact) mass is 298 g/mol. The molecule has 3 heteroatoms. The highest BCUT2D eigenvalue weighted by Gasteiger charge is 2.59. The van der Waals surface area contributed by atoms with Crippen molar-refractivity contribution in [3.63, 3.8) is 0 Å². The zero-order valence-electron chi connectivity index (χ0n) is 13.3. The molecule has 2 bridgehead atoms. The first-order chi connectivity index (χ1) is 10.5. The van der Waals surface area contributed by atoms with Crippen molar-refractivity contribution in [3.8, 4) is 0 Å². The van der Waals surface area contributed by atoms with E-state index in [0.29, 0.717) is 6.61 Å². The van der Waals surface area contributed by atoms with Crippen molar-refractivity contribution in [2.45, 2.75) is 51.6 Å². The summed E-state index contributed by atoms with van der Waals surface area (Å²) in [4.78, 5) is 11.9. The number of hydrogen-bond donors (Lipinski definition) is 0. The topological polar surface area (TPSA) is 35.5 Å². The lowest BCUT2D eigenvalue weighted by molar-refractivity contribution is -0.164. The quantitative estimate of drug-likeness (QED) is 0.532. The Bertz CT molecular complexity index is 675. The van der Waals surface area contributed by atoms with Gasteiger partial charge < -0.3 is 9.47 Å². The first-order valence-corrected chi connectivity index (χ1v) is 8.16. The van der Waals surface area contributed by atoms with Gasteiger partial charge in [-0.15, -0.1) is 0 Å². The Balaban J connectivity index is 1.91. The molecule has 0 amide bonds. The van der Waals surface area contributed by atoms with Crippen molar-refractivity contribution >= 4 is 6.16 Å². The number of hydrogen-bond acceptors (Lipinski definition) is 3. The molecule has 116 valence electrons. The lowest BCUT2D eigenvalue weighted by atomic mass is 9.57. The van der Waals surface area contributed by atoms with Gasteiger partial charge in [0.2, 0.25) is 0 Å². The lowest BCUT2D eigenvalue weighted by Crippen LogP contribution is -2.60. The molecule has 4 rings (SSSR count). The van der Waals surface area contributed by atoms with Crippen LogP contribution in [0.5, 0.6) is 0 Å². The summed E-state index contributed by atoms with van der Waals surface area (Å²) >= 11 is 0. The summed E-state index contributed by atoms with van der Waals surface area (Å²) in [5.74, 6) is 0. The number of carbonyl (C=O) groups is 1. The number of cyclic esters (lactones) is 1. The predicted molar refractivity (Wildman–Crippen MR) is 83.7 cm³/mol. The summed E-state index contributed by atoms with van der Waals surface area (Å²) in [5.41, 5.74) is 4.96. The van der Waals surface area contributed by atoms with E-state index in [-0.39, 0.29) is 5.41 Å². The highest BCUT2D eigenvalue weighted by Crippen LogP contribution is 2.55. The molecule has 0 N–H and O–H groups in total. The largest absolute Gasteiger partial charge is 0.508 e. The van der Waals surface area contributed by atoms with Crippen LogP contribution in [0.1, 0.15) is 44.2 Å². The van der Waals surface area contributed by atoms with Crippen LogP contribution < -0.4 is 0 Å². The molecular weight excluding hydrogens is 276 g/mol. The molecule has 1 saturated heterocycles. The van der Waals surface area contributed by atoms with Crippen LogP contribution in [-0.4, -0.2) is 18.4 Å². The van der Waals surface area contributed by atoms with Crippen LogP contribution in [0.2, 0.25) is 0 Å². The number of fused-ring (bicyclic) bond motifs is 1. The molecule has 2 atom stereocenters. The molecule has 2 aliphatic carbocycles. The van der Waals surface area contributed by atoms with Crippen LogP contribution in [0.15, 0.2) is 35.4 Å². The smallest absolute Gasteiger partial charge is 0.433 e. The molecule has 1 aromatic carbocycles. The Morgan fingerprint density at radius 3 is 2.68 bits per heavy atom. The zero-order valence-corrected chi connectivity index (χ0v) is 13.3. The van der Waals surface area contributed by atoms with Gasteiger partial charge in [0, 0.05) is 6.42 Å². The fraction of sp³-hybridized carbons (Fsp3) is 0.526. The van der Waals surface area contributed by atoms with Gasteiger partial charge in [-0.25, -0.2) is 4.79 Å². The van der Waals surface area contributed by atoms with Gasteiger partial charge in [0.25, 0.3) is 0 Å². The van der Waals surface area contributed by atoms with E-state index < -0.39 is 11.8 Å². The molecule has 0 saturated carbocycles. The van der Waals surface area contributed by atoms with E-state index in [0.717, 1.165) is 32.1 Å². The summed E-state index contributed by atoms with van der Waals surface area (Å²) < 4.78 is 11.2. The van der Waals surface area contributed by atoms with Gasteiger partial charge in [0.1, 0.15) is 12.2 Å². The van der Waals surface area contributed by atoms with Gasteiger partial charge in [-0.2, -0.15) is 0 Å². The predicted octanol–water partition coefficient (Wildman–Crippen LogP) is 4.20. The maximum atomic E-state index is 11.9. The number of carbonyl (C=O) groups excluding carboxylic acids is 1. The highest BCUT2D eigenvalue weighted by atomic mass is 16.7. The molecule has 22 heavy (non-hydrogen) atoms. The fourth-order valence-corrected chi connectivity index (χ4v) is 4.69. The van der Waals surface area contributed by atoms with E-state index in [9.17, 15) is 4.79 Å². The van der Waals surface area contributed by atoms with Crippen LogP contribution in [0.3, 0.4) is 0 Å². The highest BCUT2D eigenvalue weighted by molar-refractivity contribution is 5.63. The lowest BCUT2D eigenvalue weighted by Gasteiger charge is -2.55. The Labute approximate surface area is 131 Å². The molecule has 1 aromatic rings. The van der Waals surface area contributed by atoms with E-state index in [1.807, 2.05) is 0 Å². The SMILES string of the molecule is CC1=C2CCc3ccccc3C[C@@]3(CC1)OC(=O)OC[C@@]23C. The van der Waals surface area contributed by atoms with Crippen molar-refractivity contribution in [1.82, 2.24) is 0 Å². The minimum atomic E-state index is -0.505. The summed E-state index contributed by atoms with van der Waals surface area (Å²) in [6.45, 7) is 4.90. The van der Waals surface area contributed by atoms with Crippen LogP contribution in [-0.2, 0) is 22.3 Å². The van der Waals surface area contributed by atoms with Gasteiger partial charge in [-0.05, 0) is 50.7 Å². The van der Waals surface area contributed by atoms with Gasteiger partial charge in [-0.3, -0.25) is 0 Å². The first kappa shape index (κ1) is 13.9. The molecule has 1 fully saturated rings. The number of rotatable bonds is 0. The van der Waals surface area contributed by atoms with E-state index in [1.54, 1.807) is 0 Å². The summed E-state index contributed by atoms with van der Waals surface area (Å²) in [6, 6.07) is 8.58. The number of allylic oxidation sites excluding steroid dienone is 1. The average Bonchev–Trinajstić information content (AvgIpc) is 2.49. The number of aryl methyl sites for hydroxylation is 1. The average molecular weight is 298 g/mol. The third kappa shape index (κ3) is 1.77. The molecule has 1 aliphatic heterocycles. The number of ether oxygens (including phenoxy) is 2. The van der Waals surface area contributed by atoms with Crippen LogP contribution in [0, 0.1) is 5.41 Å². The Hall–Kier alpha value is -1.77. The van der Waals surface area contributed by atoms with Crippen molar-refractivity contribution in [2.75, 3.05) is 6.61 Å². The fourth-order valence-electron chi connectivity index (χ4n) is 4.69. The molecule has 0 unspecified atom stereocenters. The van der Waals surface area contributed by atoms with Crippen molar-refractivity contribution in [3.05, 3.63) is 46.5 Å². The van der Waals surface area contributed by atoms with Crippen molar-refractivity contribution in [2.24, 2.45) is 5.41 Å². The third-order valence-electron chi connectivity index (χ3n) is 6.09. The number of benzene rings is 1. The van der Waals surface area contributed by atoms with Gasteiger partial charge in [0.05, 0.1) is 5.41 Å². The van der Waals surface area contributed by atoms with Gasteiger partial charge >= 0.3 is 6.16 Å². The second-order valence-electron chi connectivity index (χ2n) is 7.17. The normalized spacial score (nSPS) is 33.8. The molecule has 0 radical (unpaired) electrons. The van der Waals surface area contributed by atoms with E-state index in [4.69, 9.17) is 9.47 Å². The van der Waals surface area contributed by atoms with E-state index in [2.05, 4.69) is 38.1 Å². The maximum Gasteiger partial charge on any atom is 0.508 e. The Kier molecular flexibility index (Phi) is 2.91. The Morgan fingerprint density at radius 2 is 1.86 bits per heavy atom. The molecule has 3 nitrogen and oxygen atoms in total. The summed E-state index contributed by atoms with van der Waals surface area (Å²) in [7, 11) is 0. The van der Waals surface area contributed by atoms with Gasteiger partial charge in [-0.1, -0.05) is 35.4 Å². The molecular formula is C19H22O3. The first-order valence-electron chi connectivity index (χ1n) is 8.16. The minimum Gasteiger partial charge on any atom is -0.433 e. The minimum absolute atomic E-state index is 0.198. The van der Waals surface area contributed by atoms with Crippen LogP contribution in [0.4, 0.5) is 4.79 Å². The standard InChI is InChI=1S/C19H22O3/c1-13-9-10-19-11-15-6-4-3-5-14(15)7-8-16(13)18(19,2)12-21-17(20)22-19/h3-6H,7-12H2,1-2H3/t18-,19+/m0/s1. The maximum absolute atomic E-state index is 11.9. The molecule has 0 aromatic heterocycles. The van der Waals surface area contributed by atoms with Crippen molar-refractivity contribution < 1.29 is 14.3 Å². The van der Waals surface area contributed by atoms with E-state index in [1.165, 1.54) is 22.3 Å². The molecule has 1 heterocycles. The zero-order chi connectivity index (χ0) is 15.4. The van der Waals surface area contributed by atoms with E-state index >= 15 is 0 Å².